The van der Waals surface area contributed by atoms with Gasteiger partial charge in [-0.05, 0) is 39.9 Å². The fourth-order valence-electron chi connectivity index (χ4n) is 1.90. The number of nitrogens with zero attached hydrogens (tertiary/aromatic N) is 2. The lowest BCUT2D eigenvalue weighted by Gasteiger charge is -2.15. The van der Waals surface area contributed by atoms with E-state index in [1.54, 1.807) is 0 Å². The summed E-state index contributed by atoms with van der Waals surface area (Å²) < 4.78 is 0. The lowest BCUT2D eigenvalue weighted by molar-refractivity contribution is -0.132. The number of amides is 2. The van der Waals surface area contributed by atoms with Crippen molar-refractivity contribution in [1.29, 1.82) is 0 Å². The average molecular weight is 241 g/mol. The molecule has 1 heterocycles. The minimum atomic E-state index is -0.0283. The third-order valence-electron chi connectivity index (χ3n) is 2.90. The summed E-state index contributed by atoms with van der Waals surface area (Å²) in [5, 5.41) is 2.68. The first-order valence-electron chi connectivity index (χ1n) is 6.29. The van der Waals surface area contributed by atoms with Crippen LogP contribution in [-0.4, -0.2) is 61.9 Å². The Morgan fingerprint density at radius 3 is 2.47 bits per heavy atom. The molecule has 1 aliphatic rings. The summed E-state index contributed by atoms with van der Waals surface area (Å²) in [5.41, 5.74) is 0. The molecular formula is C12H23N3O2. The molecule has 1 fully saturated rings. The minimum absolute atomic E-state index is 0.0283. The highest BCUT2D eigenvalue weighted by Crippen LogP contribution is 2.06. The normalized spacial score (nSPS) is 15.4. The summed E-state index contributed by atoms with van der Waals surface area (Å²) in [7, 11) is 3.96. The van der Waals surface area contributed by atoms with Crippen molar-refractivity contribution in [2.24, 2.45) is 0 Å². The molecule has 0 saturated carbocycles. The van der Waals surface area contributed by atoms with Crippen molar-refractivity contribution < 1.29 is 9.59 Å². The maximum absolute atomic E-state index is 11.6. The van der Waals surface area contributed by atoms with Crippen molar-refractivity contribution in [3.05, 3.63) is 0 Å². The van der Waals surface area contributed by atoms with Gasteiger partial charge in [-0.25, -0.2) is 0 Å². The van der Waals surface area contributed by atoms with Crippen LogP contribution in [0.2, 0.25) is 0 Å². The summed E-state index contributed by atoms with van der Waals surface area (Å²) in [6.45, 7) is 2.74. The third kappa shape index (κ3) is 5.68. The van der Waals surface area contributed by atoms with Gasteiger partial charge in [0.15, 0.2) is 0 Å². The quantitative estimate of drug-likeness (QED) is 0.716. The van der Waals surface area contributed by atoms with E-state index < -0.39 is 0 Å². The Balaban J connectivity index is 2.08. The highest BCUT2D eigenvalue weighted by molar-refractivity contribution is 5.84. The minimum Gasteiger partial charge on any atom is -0.347 e. The van der Waals surface area contributed by atoms with Crippen LogP contribution in [0.1, 0.15) is 25.7 Å². The molecule has 0 aromatic carbocycles. The van der Waals surface area contributed by atoms with Crippen LogP contribution in [-0.2, 0) is 9.59 Å². The zero-order chi connectivity index (χ0) is 12.7. The molecule has 1 saturated heterocycles. The van der Waals surface area contributed by atoms with Crippen molar-refractivity contribution in [2.45, 2.75) is 25.7 Å². The number of likely N-dealkylation sites (tertiary alicyclic amines) is 1. The van der Waals surface area contributed by atoms with E-state index in [2.05, 4.69) is 5.32 Å². The van der Waals surface area contributed by atoms with Crippen LogP contribution in [0.5, 0.6) is 0 Å². The zero-order valence-corrected chi connectivity index (χ0v) is 10.9. The molecule has 1 aliphatic heterocycles. The van der Waals surface area contributed by atoms with Crippen LogP contribution in [0.15, 0.2) is 0 Å². The maximum atomic E-state index is 11.6. The fourth-order valence-corrected chi connectivity index (χ4v) is 1.90. The molecule has 1 N–H and O–H groups in total. The van der Waals surface area contributed by atoms with Gasteiger partial charge in [0.2, 0.25) is 11.8 Å². The van der Waals surface area contributed by atoms with Gasteiger partial charge in [0.1, 0.15) is 0 Å². The molecule has 0 unspecified atom stereocenters. The Kier molecular flexibility index (Phi) is 5.97. The van der Waals surface area contributed by atoms with Crippen LogP contribution in [0.25, 0.3) is 0 Å². The van der Waals surface area contributed by atoms with E-state index in [4.69, 9.17) is 0 Å². The molecule has 17 heavy (non-hydrogen) atoms. The summed E-state index contributed by atoms with van der Waals surface area (Å²) in [4.78, 5) is 26.9. The van der Waals surface area contributed by atoms with E-state index in [1.165, 1.54) is 0 Å². The second kappa shape index (κ2) is 7.27. The van der Waals surface area contributed by atoms with Gasteiger partial charge in [0, 0.05) is 19.5 Å². The molecule has 0 radical (unpaired) electrons. The van der Waals surface area contributed by atoms with Crippen LogP contribution in [0.4, 0.5) is 0 Å². The van der Waals surface area contributed by atoms with E-state index in [-0.39, 0.29) is 18.4 Å². The van der Waals surface area contributed by atoms with Gasteiger partial charge in [0.25, 0.3) is 0 Å². The summed E-state index contributed by atoms with van der Waals surface area (Å²) in [6.07, 6.45) is 3.49. The molecule has 2 amide bonds. The van der Waals surface area contributed by atoms with E-state index >= 15 is 0 Å². The number of carbonyl (C=O) groups excluding carboxylic acids is 2. The van der Waals surface area contributed by atoms with Crippen molar-refractivity contribution in [3.63, 3.8) is 0 Å². The molecule has 0 spiro atoms. The number of hydrogen-bond acceptors (Lipinski definition) is 3. The van der Waals surface area contributed by atoms with Crippen molar-refractivity contribution in [1.82, 2.24) is 15.1 Å². The Hall–Kier alpha value is -1.10. The van der Waals surface area contributed by atoms with Gasteiger partial charge >= 0.3 is 0 Å². The molecule has 0 aromatic rings. The Morgan fingerprint density at radius 2 is 1.88 bits per heavy atom. The molecule has 1 rings (SSSR count). The molecular weight excluding hydrogens is 218 g/mol. The monoisotopic (exact) mass is 241 g/mol. The number of nitrogens with one attached hydrogen (secondary N) is 1. The first-order valence-corrected chi connectivity index (χ1v) is 6.29. The van der Waals surface area contributed by atoms with Crippen LogP contribution < -0.4 is 5.32 Å². The largest absolute Gasteiger partial charge is 0.347 e. The molecule has 0 atom stereocenters. The van der Waals surface area contributed by atoms with Gasteiger partial charge in [-0.3, -0.25) is 9.59 Å². The van der Waals surface area contributed by atoms with E-state index in [1.807, 2.05) is 23.9 Å². The summed E-state index contributed by atoms with van der Waals surface area (Å²) in [6, 6.07) is 0. The molecule has 0 bridgehead atoms. The maximum Gasteiger partial charge on any atom is 0.241 e. The average Bonchev–Trinajstić information content (AvgIpc) is 2.78. The second-order valence-corrected chi connectivity index (χ2v) is 4.77. The van der Waals surface area contributed by atoms with E-state index in [9.17, 15) is 9.59 Å². The van der Waals surface area contributed by atoms with E-state index in [0.29, 0.717) is 6.42 Å². The van der Waals surface area contributed by atoms with Gasteiger partial charge in [-0.15, -0.1) is 0 Å². The predicted molar refractivity (Wildman–Crippen MR) is 66.6 cm³/mol. The topological polar surface area (TPSA) is 52.7 Å². The van der Waals surface area contributed by atoms with Gasteiger partial charge in [0.05, 0.1) is 6.54 Å². The summed E-state index contributed by atoms with van der Waals surface area (Å²) >= 11 is 0. The van der Waals surface area contributed by atoms with Crippen molar-refractivity contribution >= 4 is 11.8 Å². The molecule has 0 aliphatic carbocycles. The number of hydrogen-bond donors (Lipinski definition) is 1. The van der Waals surface area contributed by atoms with Gasteiger partial charge in [-0.2, -0.15) is 0 Å². The van der Waals surface area contributed by atoms with Gasteiger partial charge in [-0.1, -0.05) is 0 Å². The lowest BCUT2D eigenvalue weighted by Crippen LogP contribution is -2.38. The Bertz CT molecular complexity index is 260. The Morgan fingerprint density at radius 1 is 1.24 bits per heavy atom. The molecule has 5 heteroatoms. The molecule has 5 nitrogen and oxygen atoms in total. The molecule has 0 aromatic heterocycles. The first-order chi connectivity index (χ1) is 8.09. The van der Waals surface area contributed by atoms with Crippen molar-refractivity contribution in [2.75, 3.05) is 40.3 Å². The van der Waals surface area contributed by atoms with Gasteiger partial charge < -0.3 is 15.1 Å². The van der Waals surface area contributed by atoms with Crippen LogP contribution >= 0.6 is 0 Å². The van der Waals surface area contributed by atoms with Crippen molar-refractivity contribution in [3.8, 4) is 0 Å². The SMILES string of the molecule is CN(C)CCCC(=O)NCC(=O)N1CCCC1. The predicted octanol–water partition coefficient (Wildman–Crippen LogP) is 0.0668. The standard InChI is InChI=1S/C12H23N3O2/c1-14(2)7-5-6-11(16)13-10-12(17)15-8-3-4-9-15/h3-10H2,1-2H3,(H,13,16). The highest BCUT2D eigenvalue weighted by atomic mass is 16.2. The molecule has 98 valence electrons. The first kappa shape index (κ1) is 14.0. The van der Waals surface area contributed by atoms with E-state index in [0.717, 1.165) is 38.9 Å². The smallest absolute Gasteiger partial charge is 0.241 e. The highest BCUT2D eigenvalue weighted by Gasteiger charge is 2.17. The second-order valence-electron chi connectivity index (χ2n) is 4.77. The third-order valence-corrected chi connectivity index (χ3v) is 2.90. The Labute approximate surface area is 103 Å². The lowest BCUT2D eigenvalue weighted by atomic mass is 10.3. The number of rotatable bonds is 6. The number of carbonyl (C=O) groups is 2. The zero-order valence-electron chi connectivity index (χ0n) is 10.9. The van der Waals surface area contributed by atoms with Crippen LogP contribution in [0, 0.1) is 0 Å². The summed E-state index contributed by atoms with van der Waals surface area (Å²) in [5.74, 6) is 0.0165. The fraction of sp³-hybridized carbons (Fsp3) is 0.833. The van der Waals surface area contributed by atoms with Crippen LogP contribution in [0.3, 0.4) is 0 Å².